The zero-order valence-corrected chi connectivity index (χ0v) is 11.6. The van der Waals surface area contributed by atoms with E-state index in [-0.39, 0.29) is 4.90 Å². The Bertz CT molecular complexity index is 594. The molecule has 0 saturated carbocycles. The normalized spacial score (nSPS) is 11.9. The third-order valence-electron chi connectivity index (χ3n) is 2.79. The van der Waals surface area contributed by atoms with E-state index in [4.69, 9.17) is 0 Å². The van der Waals surface area contributed by atoms with Crippen molar-refractivity contribution in [1.82, 2.24) is 14.5 Å². The molecule has 0 radical (unpaired) electrons. The molecule has 102 valence electrons. The number of hydrogen-bond donors (Lipinski definition) is 1. The van der Waals surface area contributed by atoms with Crippen LogP contribution >= 0.6 is 0 Å². The Labute approximate surface area is 113 Å². The fourth-order valence-electron chi connectivity index (χ4n) is 1.85. The second-order valence-corrected chi connectivity index (χ2v) is 6.20. The molecule has 1 heterocycles. The van der Waals surface area contributed by atoms with Gasteiger partial charge >= 0.3 is 0 Å². The van der Waals surface area contributed by atoms with E-state index in [0.717, 1.165) is 12.0 Å². The maximum absolute atomic E-state index is 12.5. The lowest BCUT2D eigenvalue weighted by atomic mass is 10.2. The lowest BCUT2D eigenvalue weighted by Crippen LogP contribution is -2.31. The van der Waals surface area contributed by atoms with Gasteiger partial charge in [0.2, 0.25) is 10.0 Å². The first-order chi connectivity index (χ1) is 9.14. The molecule has 5 nitrogen and oxygen atoms in total. The number of hydrogen-bond acceptors (Lipinski definition) is 3. The number of nitrogens with one attached hydrogen (secondary N) is 1. The Morgan fingerprint density at radius 3 is 2.58 bits per heavy atom. The van der Waals surface area contributed by atoms with Crippen LogP contribution in [0.4, 0.5) is 0 Å². The minimum atomic E-state index is -3.48. The molecule has 0 aliphatic heterocycles. The van der Waals surface area contributed by atoms with E-state index < -0.39 is 10.0 Å². The van der Waals surface area contributed by atoms with Crippen LogP contribution in [0.5, 0.6) is 0 Å². The van der Waals surface area contributed by atoms with Gasteiger partial charge in [-0.25, -0.2) is 8.42 Å². The van der Waals surface area contributed by atoms with Gasteiger partial charge in [0.1, 0.15) is 4.90 Å². The number of sulfonamides is 1. The summed E-state index contributed by atoms with van der Waals surface area (Å²) in [4.78, 5) is 0.205. The first-order valence-corrected chi connectivity index (χ1v) is 7.61. The Balaban J connectivity index is 2.26. The van der Waals surface area contributed by atoms with Crippen LogP contribution in [0.25, 0.3) is 0 Å². The maximum atomic E-state index is 12.5. The van der Waals surface area contributed by atoms with Gasteiger partial charge in [-0.2, -0.15) is 9.40 Å². The van der Waals surface area contributed by atoms with E-state index in [1.165, 1.54) is 16.7 Å². The largest absolute Gasteiger partial charge is 0.284 e. The van der Waals surface area contributed by atoms with Crippen LogP contribution < -0.4 is 0 Å². The molecule has 0 amide bonds. The first-order valence-electron chi connectivity index (χ1n) is 6.17. The average Bonchev–Trinajstić information content (AvgIpc) is 2.94. The van der Waals surface area contributed by atoms with Crippen molar-refractivity contribution in [3.05, 3.63) is 48.3 Å². The average molecular weight is 279 g/mol. The Hall–Kier alpha value is -1.66. The molecule has 1 aromatic carbocycles. The Morgan fingerprint density at radius 1 is 1.26 bits per heavy atom. The van der Waals surface area contributed by atoms with Crippen LogP contribution in [0.3, 0.4) is 0 Å². The van der Waals surface area contributed by atoms with Crippen molar-refractivity contribution in [2.45, 2.75) is 24.8 Å². The molecule has 0 saturated heterocycles. The van der Waals surface area contributed by atoms with Gasteiger partial charge in [0, 0.05) is 19.3 Å². The summed E-state index contributed by atoms with van der Waals surface area (Å²) < 4.78 is 26.4. The standard InChI is InChI=1S/C13H17N3O2S/c1-2-8-16(11-12-6-4-3-5-7-12)19(17,18)13-9-14-15-10-13/h3-7,9-10H,2,8,11H2,1H3,(H,14,15). The summed E-state index contributed by atoms with van der Waals surface area (Å²) >= 11 is 0. The molecule has 19 heavy (non-hydrogen) atoms. The fourth-order valence-corrected chi connectivity index (χ4v) is 3.28. The van der Waals surface area contributed by atoms with Crippen LogP contribution in [-0.4, -0.2) is 29.5 Å². The number of aromatic amines is 1. The second-order valence-electron chi connectivity index (χ2n) is 4.26. The van der Waals surface area contributed by atoms with Gasteiger partial charge < -0.3 is 0 Å². The molecule has 1 aromatic heterocycles. The van der Waals surface area contributed by atoms with E-state index in [0.29, 0.717) is 13.1 Å². The number of nitrogens with zero attached hydrogens (tertiary/aromatic N) is 2. The highest BCUT2D eigenvalue weighted by Gasteiger charge is 2.24. The van der Waals surface area contributed by atoms with Crippen LogP contribution in [0.2, 0.25) is 0 Å². The van der Waals surface area contributed by atoms with Gasteiger partial charge in [-0.3, -0.25) is 5.10 Å². The molecule has 0 aliphatic rings. The lowest BCUT2D eigenvalue weighted by molar-refractivity contribution is 0.405. The summed E-state index contributed by atoms with van der Waals surface area (Å²) in [6.07, 6.45) is 3.51. The van der Waals surface area contributed by atoms with Crippen molar-refractivity contribution in [2.75, 3.05) is 6.54 Å². The first kappa shape index (κ1) is 13.8. The molecule has 0 spiro atoms. The van der Waals surface area contributed by atoms with Crippen molar-refractivity contribution in [2.24, 2.45) is 0 Å². The van der Waals surface area contributed by atoms with Crippen molar-refractivity contribution in [1.29, 1.82) is 0 Å². The summed E-state index contributed by atoms with van der Waals surface area (Å²) in [6.45, 7) is 2.83. The van der Waals surface area contributed by atoms with Crippen LogP contribution in [-0.2, 0) is 16.6 Å². The lowest BCUT2D eigenvalue weighted by Gasteiger charge is -2.20. The highest BCUT2D eigenvalue weighted by molar-refractivity contribution is 7.89. The molecule has 2 aromatic rings. The number of benzene rings is 1. The Morgan fingerprint density at radius 2 is 2.00 bits per heavy atom. The van der Waals surface area contributed by atoms with Gasteiger partial charge in [0.25, 0.3) is 0 Å². The van der Waals surface area contributed by atoms with Gasteiger partial charge in [-0.1, -0.05) is 37.3 Å². The van der Waals surface area contributed by atoms with Crippen molar-refractivity contribution in [3.63, 3.8) is 0 Å². The van der Waals surface area contributed by atoms with E-state index in [1.54, 1.807) is 0 Å². The number of H-pyrrole nitrogens is 1. The highest BCUT2D eigenvalue weighted by atomic mass is 32.2. The molecule has 0 atom stereocenters. The molecule has 2 rings (SSSR count). The highest BCUT2D eigenvalue weighted by Crippen LogP contribution is 2.17. The summed E-state index contributed by atoms with van der Waals surface area (Å²) in [6, 6.07) is 9.58. The van der Waals surface area contributed by atoms with E-state index >= 15 is 0 Å². The van der Waals surface area contributed by atoms with E-state index in [2.05, 4.69) is 10.2 Å². The van der Waals surface area contributed by atoms with Crippen molar-refractivity contribution >= 4 is 10.0 Å². The summed E-state index contributed by atoms with van der Waals surface area (Å²) in [5, 5.41) is 6.25. The quantitative estimate of drug-likeness (QED) is 0.879. The maximum Gasteiger partial charge on any atom is 0.246 e. The topological polar surface area (TPSA) is 66.1 Å². The minimum absolute atomic E-state index is 0.205. The molecular formula is C13H17N3O2S. The number of rotatable bonds is 6. The third-order valence-corrected chi connectivity index (χ3v) is 4.60. The molecule has 0 aliphatic carbocycles. The van der Waals surface area contributed by atoms with Crippen molar-refractivity contribution < 1.29 is 8.42 Å². The summed E-state index contributed by atoms with van der Waals surface area (Å²) in [5.41, 5.74) is 0.975. The zero-order chi connectivity index (χ0) is 13.7. The fraction of sp³-hybridized carbons (Fsp3) is 0.308. The molecule has 1 N–H and O–H groups in total. The minimum Gasteiger partial charge on any atom is -0.284 e. The predicted octanol–water partition coefficient (Wildman–Crippen LogP) is 2.01. The van der Waals surface area contributed by atoms with Gasteiger partial charge in [0.15, 0.2) is 0 Å². The van der Waals surface area contributed by atoms with Crippen LogP contribution in [0.15, 0.2) is 47.6 Å². The summed E-state index contributed by atoms with van der Waals surface area (Å²) in [5.74, 6) is 0. The van der Waals surface area contributed by atoms with Gasteiger partial charge in [-0.05, 0) is 12.0 Å². The van der Waals surface area contributed by atoms with Gasteiger partial charge in [0.05, 0.1) is 6.20 Å². The molecule has 0 unspecified atom stereocenters. The summed E-state index contributed by atoms with van der Waals surface area (Å²) in [7, 11) is -3.48. The number of aromatic nitrogens is 2. The SMILES string of the molecule is CCCN(Cc1ccccc1)S(=O)(=O)c1cn[nH]c1. The van der Waals surface area contributed by atoms with Crippen LogP contribution in [0, 0.1) is 0 Å². The third kappa shape index (κ3) is 3.21. The van der Waals surface area contributed by atoms with Crippen molar-refractivity contribution in [3.8, 4) is 0 Å². The molecule has 0 fully saturated rings. The second kappa shape index (κ2) is 5.99. The zero-order valence-electron chi connectivity index (χ0n) is 10.8. The molecule has 6 heteroatoms. The Kier molecular flexibility index (Phi) is 4.34. The molecule has 0 bridgehead atoms. The van der Waals surface area contributed by atoms with Gasteiger partial charge in [-0.15, -0.1) is 0 Å². The monoisotopic (exact) mass is 279 g/mol. The van der Waals surface area contributed by atoms with E-state index in [1.807, 2.05) is 37.3 Å². The van der Waals surface area contributed by atoms with Crippen LogP contribution in [0.1, 0.15) is 18.9 Å². The van der Waals surface area contributed by atoms with E-state index in [9.17, 15) is 8.42 Å². The predicted molar refractivity (Wildman–Crippen MR) is 72.9 cm³/mol. The smallest absolute Gasteiger partial charge is 0.246 e. The molecular weight excluding hydrogens is 262 g/mol.